The minimum atomic E-state index is -0.284. The van der Waals surface area contributed by atoms with Crippen molar-refractivity contribution in [2.75, 3.05) is 26.2 Å². The molecule has 0 radical (unpaired) electrons. The lowest BCUT2D eigenvalue weighted by molar-refractivity contribution is -0.127. The number of hydrogen-bond acceptors (Lipinski definition) is 3. The molecule has 0 bridgehead atoms. The molecule has 1 N–H and O–H groups in total. The largest absolute Gasteiger partial charge is 0.336 e. The number of nitrogens with zero attached hydrogens (tertiary/aromatic N) is 2. The highest BCUT2D eigenvalue weighted by molar-refractivity contribution is 14.2. The van der Waals surface area contributed by atoms with Gasteiger partial charge in [0.2, 0.25) is 0 Å². The van der Waals surface area contributed by atoms with Crippen molar-refractivity contribution < 1.29 is 4.79 Å². The Hall–Kier alpha value is -1.34. The zero-order valence-electron chi connectivity index (χ0n) is 11.1. The molecule has 1 amide bonds. The second-order valence-electron chi connectivity index (χ2n) is 4.61. The maximum Gasteiger partial charge on any atom is 0.254 e. The molecular formula is C15H16IN3O. The molecule has 0 aromatic carbocycles. The first kappa shape index (κ1) is 13.6. The third-order valence-corrected chi connectivity index (χ3v) is 5.83. The van der Waals surface area contributed by atoms with Crippen molar-refractivity contribution in [1.29, 1.82) is 0 Å². The Kier molecular flexibility index (Phi) is 4.37. The van der Waals surface area contributed by atoms with Gasteiger partial charge in [-0.25, -0.2) is 0 Å². The van der Waals surface area contributed by atoms with Crippen LogP contribution in [-0.4, -0.2) is 45.5 Å². The average molecular weight is 381 g/mol. The van der Waals surface area contributed by atoms with Crippen molar-refractivity contribution >= 4 is 30.1 Å². The Morgan fingerprint density at radius 3 is 2.75 bits per heavy atom. The number of carbonyl (C=O) groups excluding carboxylic acids is 1. The lowest BCUT2D eigenvalue weighted by atomic mass is 10.2. The van der Waals surface area contributed by atoms with Crippen LogP contribution in [0, 0.1) is 0 Å². The van der Waals surface area contributed by atoms with Crippen molar-refractivity contribution in [2.24, 2.45) is 0 Å². The zero-order chi connectivity index (χ0) is 13.8. The highest BCUT2D eigenvalue weighted by Crippen LogP contribution is 2.21. The number of allylic oxidation sites excluding steroid dienone is 1. The summed E-state index contributed by atoms with van der Waals surface area (Å²) in [5, 5.41) is 3.26. The molecule has 3 rings (SSSR count). The molecule has 0 aliphatic carbocycles. The lowest BCUT2D eigenvalue weighted by Crippen LogP contribution is -2.46. The van der Waals surface area contributed by atoms with Gasteiger partial charge in [0.25, 0.3) is 5.91 Å². The van der Waals surface area contributed by atoms with E-state index in [0.717, 1.165) is 37.4 Å². The Morgan fingerprint density at radius 2 is 2.10 bits per heavy atom. The fourth-order valence-corrected chi connectivity index (χ4v) is 4.34. The molecule has 1 saturated heterocycles. The summed E-state index contributed by atoms with van der Waals surface area (Å²) in [7, 11) is 0. The van der Waals surface area contributed by atoms with Crippen LogP contribution < -0.4 is 5.32 Å². The molecule has 0 spiro atoms. The van der Waals surface area contributed by atoms with Gasteiger partial charge in [0.15, 0.2) is 0 Å². The molecule has 0 unspecified atom stereocenters. The number of carbonyl (C=O) groups is 1. The molecule has 20 heavy (non-hydrogen) atoms. The van der Waals surface area contributed by atoms with Crippen LogP contribution in [0.4, 0.5) is 0 Å². The first-order valence-corrected chi connectivity index (χ1v) is 8.97. The normalized spacial score (nSPS) is 18.9. The van der Waals surface area contributed by atoms with Crippen LogP contribution in [0.1, 0.15) is 5.69 Å². The van der Waals surface area contributed by atoms with E-state index in [2.05, 4.69) is 20.5 Å². The average Bonchev–Trinajstić information content (AvgIpc) is 2.56. The Morgan fingerprint density at radius 1 is 1.25 bits per heavy atom. The van der Waals surface area contributed by atoms with E-state index in [1.165, 1.54) is 3.51 Å². The molecule has 3 heterocycles. The number of piperazine rings is 1. The summed E-state index contributed by atoms with van der Waals surface area (Å²) in [4.78, 5) is 18.7. The fraction of sp³-hybridized carbons (Fsp3) is 0.267. The smallest absolute Gasteiger partial charge is 0.254 e. The van der Waals surface area contributed by atoms with Crippen molar-refractivity contribution in [3.05, 3.63) is 51.9 Å². The summed E-state index contributed by atoms with van der Waals surface area (Å²) in [6, 6.07) is 5.94. The van der Waals surface area contributed by atoms with Gasteiger partial charge in [-0.3, -0.25) is 9.78 Å². The third kappa shape index (κ3) is 3.04. The van der Waals surface area contributed by atoms with Gasteiger partial charge in [-0.2, -0.15) is 0 Å². The highest BCUT2D eigenvalue weighted by atomic mass is 127. The maximum atomic E-state index is 12.4. The molecule has 1 fully saturated rings. The van der Waals surface area contributed by atoms with E-state index in [0.29, 0.717) is 0 Å². The van der Waals surface area contributed by atoms with Crippen LogP contribution in [-0.2, 0) is 4.79 Å². The zero-order valence-corrected chi connectivity index (χ0v) is 13.2. The van der Waals surface area contributed by atoms with E-state index >= 15 is 0 Å². The van der Waals surface area contributed by atoms with E-state index in [-0.39, 0.29) is 26.6 Å². The number of halogens is 1. The highest BCUT2D eigenvalue weighted by Gasteiger charge is 2.19. The van der Waals surface area contributed by atoms with Crippen molar-refractivity contribution in [1.82, 2.24) is 15.2 Å². The van der Waals surface area contributed by atoms with E-state index < -0.39 is 0 Å². The van der Waals surface area contributed by atoms with Crippen LogP contribution >= 0.6 is 20.7 Å². The Balaban J connectivity index is 1.75. The minimum absolute atomic E-state index is 0.169. The maximum absolute atomic E-state index is 12.4. The second-order valence-corrected chi connectivity index (χ2v) is 7.02. The predicted molar refractivity (Wildman–Crippen MR) is 89.0 cm³/mol. The van der Waals surface area contributed by atoms with Crippen molar-refractivity contribution in [3.8, 4) is 0 Å². The number of amides is 1. The summed E-state index contributed by atoms with van der Waals surface area (Å²) in [6.07, 6.45) is 5.81. The van der Waals surface area contributed by atoms with E-state index in [1.807, 2.05) is 35.4 Å². The molecule has 2 aliphatic rings. The number of aromatic nitrogens is 1. The van der Waals surface area contributed by atoms with Crippen LogP contribution in [0.2, 0.25) is 0 Å². The molecule has 2 aliphatic heterocycles. The molecule has 0 atom stereocenters. The summed E-state index contributed by atoms with van der Waals surface area (Å²) in [5.41, 5.74) is 1.88. The standard InChI is InChI=1S/C15H16IN3O/c20-15(19-9-7-17-8-10-19)12-4-5-13(16-11-12)14-3-1-2-6-18-14/h1-6,11,17H,7-10H2. The minimum Gasteiger partial charge on any atom is -0.336 e. The monoisotopic (exact) mass is 381 g/mol. The first-order valence-electron chi connectivity index (χ1n) is 6.64. The molecule has 1 aromatic rings. The van der Waals surface area contributed by atoms with E-state index in [9.17, 15) is 4.79 Å². The van der Waals surface area contributed by atoms with Crippen LogP contribution in [0.3, 0.4) is 0 Å². The molecule has 1 aromatic heterocycles. The van der Waals surface area contributed by atoms with Gasteiger partial charge in [-0.1, -0.05) is 26.8 Å². The predicted octanol–water partition coefficient (Wildman–Crippen LogP) is 1.46. The van der Waals surface area contributed by atoms with Gasteiger partial charge >= 0.3 is 0 Å². The Labute approximate surface area is 128 Å². The molecular weight excluding hydrogens is 365 g/mol. The van der Waals surface area contributed by atoms with Crippen molar-refractivity contribution in [2.45, 2.75) is 0 Å². The van der Waals surface area contributed by atoms with Gasteiger partial charge in [-0.05, 0) is 28.4 Å². The first-order chi connectivity index (χ1) is 9.84. The lowest BCUT2D eigenvalue weighted by Gasteiger charge is -2.28. The number of hydrogen-bond donors (Lipinski definition) is 1. The summed E-state index contributed by atoms with van der Waals surface area (Å²) >= 11 is -0.284. The summed E-state index contributed by atoms with van der Waals surface area (Å²) in [5.74, 6) is 0.169. The van der Waals surface area contributed by atoms with Crippen LogP contribution in [0.25, 0.3) is 0 Å². The number of nitrogens with one attached hydrogen (secondary N) is 1. The molecule has 5 heteroatoms. The summed E-state index contributed by atoms with van der Waals surface area (Å²) in [6.45, 7) is 3.39. The fourth-order valence-electron chi connectivity index (χ4n) is 2.17. The number of rotatable bonds is 2. The topological polar surface area (TPSA) is 45.2 Å². The van der Waals surface area contributed by atoms with Gasteiger partial charge < -0.3 is 10.2 Å². The van der Waals surface area contributed by atoms with E-state index in [1.54, 1.807) is 0 Å². The summed E-state index contributed by atoms with van der Waals surface area (Å²) < 4.78 is 3.38. The third-order valence-electron chi connectivity index (χ3n) is 3.26. The van der Waals surface area contributed by atoms with E-state index in [4.69, 9.17) is 0 Å². The SMILES string of the molecule is O=C(C1=CI=C(c2ccccn2)C=C1)N1CCNCC1. The molecule has 4 nitrogen and oxygen atoms in total. The Bertz CT molecular complexity index is 586. The number of pyridine rings is 1. The van der Waals surface area contributed by atoms with Crippen LogP contribution in [0.5, 0.6) is 0 Å². The molecule has 104 valence electrons. The van der Waals surface area contributed by atoms with Crippen LogP contribution in [0.15, 0.2) is 46.2 Å². The van der Waals surface area contributed by atoms with Crippen molar-refractivity contribution in [3.63, 3.8) is 0 Å². The quantitative estimate of drug-likeness (QED) is 0.790. The molecule has 0 saturated carbocycles. The van der Waals surface area contributed by atoms with Gasteiger partial charge in [-0.15, -0.1) is 0 Å². The van der Waals surface area contributed by atoms with Gasteiger partial charge in [0, 0.05) is 41.5 Å². The van der Waals surface area contributed by atoms with Gasteiger partial charge in [0.1, 0.15) is 0 Å². The van der Waals surface area contributed by atoms with Gasteiger partial charge in [0.05, 0.1) is 5.69 Å². The second kappa shape index (κ2) is 6.41.